The Labute approximate surface area is 160 Å². The van der Waals surface area contributed by atoms with Crippen molar-refractivity contribution in [3.8, 4) is 0 Å². The summed E-state index contributed by atoms with van der Waals surface area (Å²) < 4.78 is 33.4. The highest BCUT2D eigenvalue weighted by Crippen LogP contribution is 2.23. The van der Waals surface area contributed by atoms with Crippen molar-refractivity contribution in [2.24, 2.45) is 0 Å². The van der Waals surface area contributed by atoms with Crippen LogP contribution in [0.4, 0.5) is 4.79 Å². The summed E-state index contributed by atoms with van der Waals surface area (Å²) in [7, 11) is -3.67. The number of hydrogen-bond donors (Lipinski definition) is 4. The first kappa shape index (κ1) is 21.6. The maximum absolute atomic E-state index is 12.5. The van der Waals surface area contributed by atoms with E-state index in [9.17, 15) is 18.3 Å². The molecule has 0 aliphatic carbocycles. The van der Waals surface area contributed by atoms with E-state index in [-0.39, 0.29) is 29.7 Å². The zero-order valence-corrected chi connectivity index (χ0v) is 16.5. The minimum atomic E-state index is -3.67. The molecule has 2 rings (SSSR count). The Bertz CT molecular complexity index is 696. The molecule has 1 aliphatic rings. The minimum absolute atomic E-state index is 0.0631. The van der Waals surface area contributed by atoms with Crippen LogP contribution in [0, 0.1) is 0 Å². The number of carbonyl (C=O) groups is 1. The average molecular weight is 400 g/mol. The van der Waals surface area contributed by atoms with Gasteiger partial charge in [0, 0.05) is 12.6 Å². The number of hydrogen-bond acceptors (Lipinski definition) is 5. The number of nitrogens with one attached hydrogen (secondary N) is 3. The van der Waals surface area contributed by atoms with E-state index < -0.39 is 22.2 Å². The largest absolute Gasteiger partial charge is 0.394 e. The quantitative estimate of drug-likeness (QED) is 0.520. The molecule has 0 spiro atoms. The van der Waals surface area contributed by atoms with Crippen LogP contribution in [0.2, 0.25) is 0 Å². The first-order valence-electron chi connectivity index (χ1n) is 9.20. The number of rotatable bonds is 8. The average Bonchev–Trinajstić information content (AvgIpc) is 2.62. The molecule has 1 saturated heterocycles. The molecular weight excluding hydrogens is 370 g/mol. The topological polar surface area (TPSA) is 117 Å². The number of urea groups is 1. The van der Waals surface area contributed by atoms with Crippen molar-refractivity contribution in [1.82, 2.24) is 15.4 Å². The van der Waals surface area contributed by atoms with E-state index >= 15 is 0 Å². The summed E-state index contributed by atoms with van der Waals surface area (Å²) in [6.45, 7) is 3.93. The van der Waals surface area contributed by atoms with E-state index in [4.69, 9.17) is 4.74 Å². The maximum Gasteiger partial charge on any atom is 0.314 e. The number of carbonyl (C=O) groups excluding carboxylic acids is 1. The fourth-order valence-electron chi connectivity index (χ4n) is 3.01. The Morgan fingerprint density at radius 2 is 1.96 bits per heavy atom. The number of sulfonamides is 1. The van der Waals surface area contributed by atoms with E-state index in [2.05, 4.69) is 15.4 Å². The van der Waals surface area contributed by atoms with Crippen LogP contribution in [-0.2, 0) is 14.8 Å². The van der Waals surface area contributed by atoms with Crippen LogP contribution in [0.3, 0.4) is 0 Å². The SMILES string of the molecule is CC(C)NC(=O)NCC[C@@H]1CC[C@@H](NS(=O)(=O)c2ccccc2)[C@@H](CO)O1. The molecule has 1 aromatic rings. The highest BCUT2D eigenvalue weighted by Gasteiger charge is 2.33. The molecule has 3 atom stereocenters. The van der Waals surface area contributed by atoms with Crippen LogP contribution in [0.1, 0.15) is 33.1 Å². The van der Waals surface area contributed by atoms with Gasteiger partial charge < -0.3 is 20.5 Å². The van der Waals surface area contributed by atoms with Crippen molar-refractivity contribution < 1.29 is 23.1 Å². The second-order valence-electron chi connectivity index (χ2n) is 6.94. The Balaban J connectivity index is 1.85. The van der Waals surface area contributed by atoms with Crippen LogP contribution in [0.5, 0.6) is 0 Å². The third kappa shape index (κ3) is 6.76. The van der Waals surface area contributed by atoms with E-state index in [1.165, 1.54) is 12.1 Å². The van der Waals surface area contributed by atoms with E-state index in [1.807, 2.05) is 13.8 Å². The number of ether oxygens (including phenoxy) is 1. The normalized spacial score (nSPS) is 23.2. The van der Waals surface area contributed by atoms with Crippen LogP contribution < -0.4 is 15.4 Å². The van der Waals surface area contributed by atoms with Crippen LogP contribution in [0.25, 0.3) is 0 Å². The number of aliphatic hydroxyl groups is 1. The highest BCUT2D eigenvalue weighted by atomic mass is 32.2. The predicted molar refractivity (Wildman–Crippen MR) is 102 cm³/mol. The molecule has 0 radical (unpaired) electrons. The molecule has 9 heteroatoms. The standard InChI is InChI=1S/C18H29N3O5S/c1-13(2)20-18(23)19-11-10-14-8-9-16(17(12-22)26-14)21-27(24,25)15-6-4-3-5-7-15/h3-7,13-14,16-17,21-22H,8-12H2,1-2H3,(H2,19,20,23)/t14-,16+,17+/m0/s1. The smallest absolute Gasteiger partial charge is 0.314 e. The highest BCUT2D eigenvalue weighted by molar-refractivity contribution is 7.89. The summed E-state index contributed by atoms with van der Waals surface area (Å²) in [6.07, 6.45) is 1.04. The molecule has 1 aliphatic heterocycles. The summed E-state index contributed by atoms with van der Waals surface area (Å²) in [5, 5.41) is 15.1. The molecule has 27 heavy (non-hydrogen) atoms. The van der Waals surface area contributed by atoms with Crippen LogP contribution in [-0.4, -0.2) is 57.0 Å². The Morgan fingerprint density at radius 3 is 2.59 bits per heavy atom. The molecule has 152 valence electrons. The molecule has 1 fully saturated rings. The number of amides is 2. The molecule has 0 saturated carbocycles. The molecule has 4 N–H and O–H groups in total. The van der Waals surface area contributed by atoms with Gasteiger partial charge in [0.25, 0.3) is 0 Å². The van der Waals surface area contributed by atoms with E-state index in [0.29, 0.717) is 25.8 Å². The van der Waals surface area contributed by atoms with E-state index in [0.717, 1.165) is 0 Å². The monoisotopic (exact) mass is 399 g/mol. The van der Waals surface area contributed by atoms with Gasteiger partial charge in [-0.25, -0.2) is 17.9 Å². The molecule has 0 aromatic heterocycles. The van der Waals surface area contributed by atoms with Crippen molar-refractivity contribution in [2.45, 2.75) is 62.3 Å². The number of aliphatic hydroxyl groups excluding tert-OH is 1. The second kappa shape index (κ2) is 10.0. The van der Waals surface area contributed by atoms with Gasteiger partial charge in [0.05, 0.1) is 29.8 Å². The summed E-state index contributed by atoms with van der Waals surface area (Å²) in [4.78, 5) is 11.8. The van der Waals surface area contributed by atoms with Crippen molar-refractivity contribution in [3.63, 3.8) is 0 Å². The molecule has 0 bridgehead atoms. The lowest BCUT2D eigenvalue weighted by Gasteiger charge is -2.36. The summed E-state index contributed by atoms with van der Waals surface area (Å²) in [5.41, 5.74) is 0. The lowest BCUT2D eigenvalue weighted by Crippen LogP contribution is -2.51. The van der Waals surface area contributed by atoms with Crippen LogP contribution >= 0.6 is 0 Å². The van der Waals surface area contributed by atoms with Crippen molar-refractivity contribution in [3.05, 3.63) is 30.3 Å². The summed E-state index contributed by atoms with van der Waals surface area (Å²) >= 11 is 0. The van der Waals surface area contributed by atoms with Gasteiger partial charge in [-0.1, -0.05) is 18.2 Å². The van der Waals surface area contributed by atoms with Gasteiger partial charge in [0.1, 0.15) is 0 Å². The van der Waals surface area contributed by atoms with Crippen molar-refractivity contribution in [1.29, 1.82) is 0 Å². The first-order valence-corrected chi connectivity index (χ1v) is 10.7. The zero-order chi connectivity index (χ0) is 19.9. The van der Waals surface area contributed by atoms with Crippen molar-refractivity contribution >= 4 is 16.1 Å². The van der Waals surface area contributed by atoms with Gasteiger partial charge in [0.2, 0.25) is 10.0 Å². The lowest BCUT2D eigenvalue weighted by molar-refractivity contribution is -0.0871. The molecule has 1 aromatic carbocycles. The summed E-state index contributed by atoms with van der Waals surface area (Å²) in [5.74, 6) is 0. The van der Waals surface area contributed by atoms with Gasteiger partial charge in [-0.05, 0) is 45.2 Å². The third-order valence-electron chi connectivity index (χ3n) is 4.33. The summed E-state index contributed by atoms with van der Waals surface area (Å²) in [6, 6.07) is 7.46. The zero-order valence-electron chi connectivity index (χ0n) is 15.7. The van der Waals surface area contributed by atoms with Gasteiger partial charge in [0.15, 0.2) is 0 Å². The van der Waals surface area contributed by atoms with Gasteiger partial charge in [-0.3, -0.25) is 0 Å². The third-order valence-corrected chi connectivity index (χ3v) is 5.83. The Kier molecular flexibility index (Phi) is 8.03. The van der Waals surface area contributed by atoms with E-state index in [1.54, 1.807) is 18.2 Å². The Hall–Kier alpha value is -1.68. The second-order valence-corrected chi connectivity index (χ2v) is 8.65. The lowest BCUT2D eigenvalue weighted by atomic mass is 9.98. The molecule has 2 amide bonds. The fraction of sp³-hybridized carbons (Fsp3) is 0.611. The minimum Gasteiger partial charge on any atom is -0.394 e. The van der Waals surface area contributed by atoms with Crippen LogP contribution in [0.15, 0.2) is 35.2 Å². The maximum atomic E-state index is 12.5. The predicted octanol–water partition coefficient (Wildman–Crippen LogP) is 0.971. The Morgan fingerprint density at radius 1 is 1.26 bits per heavy atom. The molecule has 8 nitrogen and oxygen atoms in total. The van der Waals surface area contributed by atoms with Gasteiger partial charge in [-0.15, -0.1) is 0 Å². The molecular formula is C18H29N3O5S. The molecule has 0 unspecified atom stereocenters. The molecule has 1 heterocycles. The van der Waals surface area contributed by atoms with Gasteiger partial charge >= 0.3 is 6.03 Å². The van der Waals surface area contributed by atoms with Crippen molar-refractivity contribution in [2.75, 3.05) is 13.2 Å². The van der Waals surface area contributed by atoms with Gasteiger partial charge in [-0.2, -0.15) is 0 Å². The fourth-order valence-corrected chi connectivity index (χ4v) is 4.33. The first-order chi connectivity index (χ1) is 12.8. The number of benzene rings is 1.